The Morgan fingerprint density at radius 1 is 1.25 bits per heavy atom. The van der Waals surface area contributed by atoms with E-state index in [4.69, 9.17) is 4.42 Å². The molecule has 2 heterocycles. The first-order valence-corrected chi connectivity index (χ1v) is 7.76. The standard InChI is InChI=1S/C17H22N2O/c1-12-16(15-4-2-3-5-17(15)20-12)10-18-13-8-9-19(11-13)14-6-7-14/h2-5,13-14,18H,6-11H2,1H3. The van der Waals surface area contributed by atoms with Gasteiger partial charge in [-0.05, 0) is 32.3 Å². The summed E-state index contributed by atoms with van der Waals surface area (Å²) in [5, 5.41) is 4.99. The summed E-state index contributed by atoms with van der Waals surface area (Å²) in [5.74, 6) is 1.05. The summed E-state index contributed by atoms with van der Waals surface area (Å²) < 4.78 is 5.83. The monoisotopic (exact) mass is 270 g/mol. The van der Waals surface area contributed by atoms with E-state index in [0.717, 1.165) is 23.9 Å². The number of para-hydroxylation sites is 1. The van der Waals surface area contributed by atoms with Crippen LogP contribution in [0.3, 0.4) is 0 Å². The Labute approximate surface area is 119 Å². The van der Waals surface area contributed by atoms with Crippen molar-refractivity contribution in [1.29, 1.82) is 0 Å². The van der Waals surface area contributed by atoms with E-state index in [-0.39, 0.29) is 0 Å². The Morgan fingerprint density at radius 2 is 2.10 bits per heavy atom. The number of fused-ring (bicyclic) bond motifs is 1. The van der Waals surface area contributed by atoms with Crippen LogP contribution in [0.5, 0.6) is 0 Å². The van der Waals surface area contributed by atoms with E-state index in [9.17, 15) is 0 Å². The number of rotatable bonds is 4. The van der Waals surface area contributed by atoms with Crippen molar-refractivity contribution in [1.82, 2.24) is 10.2 Å². The number of hydrogen-bond acceptors (Lipinski definition) is 3. The van der Waals surface area contributed by atoms with Crippen LogP contribution < -0.4 is 5.32 Å². The zero-order chi connectivity index (χ0) is 13.5. The van der Waals surface area contributed by atoms with Crippen LogP contribution in [0.15, 0.2) is 28.7 Å². The largest absolute Gasteiger partial charge is 0.461 e. The first-order valence-electron chi connectivity index (χ1n) is 7.76. The molecular formula is C17H22N2O. The lowest BCUT2D eigenvalue weighted by atomic mass is 10.1. The maximum atomic E-state index is 5.83. The molecule has 3 nitrogen and oxygen atoms in total. The SMILES string of the molecule is Cc1oc2ccccc2c1CNC1CCN(C2CC2)C1. The molecule has 0 spiro atoms. The predicted octanol–water partition coefficient (Wildman–Crippen LogP) is 3.07. The second-order valence-electron chi connectivity index (χ2n) is 6.23. The molecule has 1 unspecified atom stereocenters. The van der Waals surface area contributed by atoms with Gasteiger partial charge in [0.2, 0.25) is 0 Å². The fourth-order valence-electron chi connectivity index (χ4n) is 3.41. The van der Waals surface area contributed by atoms with Crippen molar-refractivity contribution in [2.45, 2.75) is 44.8 Å². The number of nitrogens with one attached hydrogen (secondary N) is 1. The molecule has 2 aromatic rings. The molecule has 1 saturated heterocycles. The molecule has 2 fully saturated rings. The molecule has 1 saturated carbocycles. The summed E-state index contributed by atoms with van der Waals surface area (Å²) >= 11 is 0. The van der Waals surface area contributed by atoms with E-state index >= 15 is 0 Å². The molecule has 4 rings (SSSR count). The molecule has 2 aliphatic rings. The number of hydrogen-bond donors (Lipinski definition) is 1. The third-order valence-electron chi connectivity index (χ3n) is 4.75. The minimum absolute atomic E-state index is 0.642. The van der Waals surface area contributed by atoms with Gasteiger partial charge in [-0.1, -0.05) is 18.2 Å². The topological polar surface area (TPSA) is 28.4 Å². The number of nitrogens with zero attached hydrogens (tertiary/aromatic N) is 1. The van der Waals surface area contributed by atoms with Gasteiger partial charge in [0.15, 0.2) is 0 Å². The molecular weight excluding hydrogens is 248 g/mol. The molecule has 1 aliphatic carbocycles. The van der Waals surface area contributed by atoms with E-state index in [0.29, 0.717) is 6.04 Å². The van der Waals surface area contributed by atoms with Crippen molar-refractivity contribution >= 4 is 11.0 Å². The fourth-order valence-corrected chi connectivity index (χ4v) is 3.41. The zero-order valence-electron chi connectivity index (χ0n) is 12.1. The van der Waals surface area contributed by atoms with Crippen molar-refractivity contribution in [3.63, 3.8) is 0 Å². The van der Waals surface area contributed by atoms with Gasteiger partial charge in [-0.3, -0.25) is 4.90 Å². The van der Waals surface area contributed by atoms with E-state index in [1.165, 1.54) is 43.3 Å². The summed E-state index contributed by atoms with van der Waals surface area (Å²) in [4.78, 5) is 2.65. The quantitative estimate of drug-likeness (QED) is 0.925. The Kier molecular flexibility index (Phi) is 3.04. The first-order chi connectivity index (χ1) is 9.81. The predicted molar refractivity (Wildman–Crippen MR) is 80.8 cm³/mol. The summed E-state index contributed by atoms with van der Waals surface area (Å²) in [7, 11) is 0. The van der Waals surface area contributed by atoms with Crippen LogP contribution in [0, 0.1) is 6.92 Å². The lowest BCUT2D eigenvalue weighted by Gasteiger charge is -2.15. The Morgan fingerprint density at radius 3 is 2.95 bits per heavy atom. The van der Waals surface area contributed by atoms with E-state index in [2.05, 4.69) is 35.3 Å². The molecule has 0 bridgehead atoms. The average Bonchev–Trinajstić information content (AvgIpc) is 3.11. The van der Waals surface area contributed by atoms with Crippen LogP contribution in [-0.2, 0) is 6.54 Å². The Hall–Kier alpha value is -1.32. The van der Waals surface area contributed by atoms with Crippen LogP contribution in [0.1, 0.15) is 30.6 Å². The van der Waals surface area contributed by atoms with E-state index < -0.39 is 0 Å². The molecule has 1 N–H and O–H groups in total. The molecule has 1 aromatic heterocycles. The third kappa shape index (κ3) is 2.25. The smallest absolute Gasteiger partial charge is 0.134 e. The van der Waals surface area contributed by atoms with Gasteiger partial charge >= 0.3 is 0 Å². The summed E-state index contributed by atoms with van der Waals surface area (Å²) in [6.07, 6.45) is 4.11. The van der Waals surface area contributed by atoms with Crippen molar-refractivity contribution < 1.29 is 4.42 Å². The lowest BCUT2D eigenvalue weighted by molar-refractivity contribution is 0.317. The minimum atomic E-state index is 0.642. The molecule has 3 heteroatoms. The summed E-state index contributed by atoms with van der Waals surface area (Å²) in [5.41, 5.74) is 2.33. The van der Waals surface area contributed by atoms with Crippen molar-refractivity contribution in [2.75, 3.05) is 13.1 Å². The molecule has 0 radical (unpaired) electrons. The van der Waals surface area contributed by atoms with Crippen LogP contribution in [0.4, 0.5) is 0 Å². The van der Waals surface area contributed by atoms with Crippen LogP contribution >= 0.6 is 0 Å². The normalized spacial score (nSPS) is 23.8. The first kappa shape index (κ1) is 12.4. The Bertz CT molecular complexity index is 614. The lowest BCUT2D eigenvalue weighted by Crippen LogP contribution is -2.32. The molecule has 0 amide bonds. The minimum Gasteiger partial charge on any atom is -0.461 e. The van der Waals surface area contributed by atoms with Gasteiger partial charge in [-0.2, -0.15) is 0 Å². The highest BCUT2D eigenvalue weighted by Gasteiger charge is 2.34. The maximum Gasteiger partial charge on any atom is 0.134 e. The van der Waals surface area contributed by atoms with Gasteiger partial charge in [0.05, 0.1) is 0 Å². The molecule has 1 aromatic carbocycles. The van der Waals surface area contributed by atoms with Gasteiger partial charge in [0, 0.05) is 42.7 Å². The molecule has 106 valence electrons. The summed E-state index contributed by atoms with van der Waals surface area (Å²) in [6, 6.07) is 9.88. The van der Waals surface area contributed by atoms with Crippen molar-refractivity contribution in [3.05, 3.63) is 35.6 Å². The highest BCUT2D eigenvalue weighted by Crippen LogP contribution is 2.30. The molecule has 1 aliphatic heterocycles. The number of benzene rings is 1. The van der Waals surface area contributed by atoms with Crippen LogP contribution in [0.25, 0.3) is 11.0 Å². The number of likely N-dealkylation sites (tertiary alicyclic amines) is 1. The second-order valence-corrected chi connectivity index (χ2v) is 6.23. The average molecular weight is 270 g/mol. The van der Waals surface area contributed by atoms with Crippen molar-refractivity contribution in [2.24, 2.45) is 0 Å². The highest BCUT2D eigenvalue weighted by atomic mass is 16.3. The second kappa shape index (κ2) is 4.90. The van der Waals surface area contributed by atoms with Gasteiger partial charge in [0.25, 0.3) is 0 Å². The Balaban J connectivity index is 1.44. The van der Waals surface area contributed by atoms with Gasteiger partial charge < -0.3 is 9.73 Å². The van der Waals surface area contributed by atoms with Crippen molar-refractivity contribution in [3.8, 4) is 0 Å². The molecule has 20 heavy (non-hydrogen) atoms. The van der Waals surface area contributed by atoms with Gasteiger partial charge in [-0.25, -0.2) is 0 Å². The number of aryl methyl sites for hydroxylation is 1. The fraction of sp³-hybridized carbons (Fsp3) is 0.529. The van der Waals surface area contributed by atoms with Crippen LogP contribution in [0.2, 0.25) is 0 Å². The summed E-state index contributed by atoms with van der Waals surface area (Å²) in [6.45, 7) is 5.49. The molecule has 1 atom stereocenters. The van der Waals surface area contributed by atoms with Gasteiger partial charge in [-0.15, -0.1) is 0 Å². The highest BCUT2D eigenvalue weighted by molar-refractivity contribution is 5.82. The third-order valence-corrected chi connectivity index (χ3v) is 4.75. The van der Waals surface area contributed by atoms with Crippen LogP contribution in [-0.4, -0.2) is 30.1 Å². The van der Waals surface area contributed by atoms with E-state index in [1.807, 2.05) is 6.07 Å². The van der Waals surface area contributed by atoms with E-state index in [1.54, 1.807) is 0 Å². The van der Waals surface area contributed by atoms with Gasteiger partial charge in [0.1, 0.15) is 11.3 Å². The zero-order valence-corrected chi connectivity index (χ0v) is 12.1. The maximum absolute atomic E-state index is 5.83. The number of furan rings is 1.